The number of aliphatic imine (C=N–C) groups is 1. The number of hydrogen-bond donors (Lipinski definition) is 1. The number of benzene rings is 1. The third-order valence-electron chi connectivity index (χ3n) is 2.72. The zero-order valence-electron chi connectivity index (χ0n) is 8.02. The van der Waals surface area contributed by atoms with Crippen LogP contribution < -0.4 is 5.43 Å². The smallest absolute Gasteiger partial charge is 0.181 e. The summed E-state index contributed by atoms with van der Waals surface area (Å²) in [5.41, 5.74) is 4.04. The fraction of sp³-hybridized carbons (Fsp3) is 0.182. The van der Waals surface area contributed by atoms with Gasteiger partial charge in [-0.2, -0.15) is 0 Å². The molecule has 0 aliphatic carbocycles. The molecule has 4 heteroatoms. The molecule has 2 heterocycles. The topological polar surface area (TPSA) is 27.6 Å². The fourth-order valence-electron chi connectivity index (χ4n) is 2.01. The lowest BCUT2D eigenvalue weighted by atomic mass is 10.1. The van der Waals surface area contributed by atoms with Crippen LogP contribution in [-0.4, -0.2) is 11.3 Å². The van der Waals surface area contributed by atoms with Crippen molar-refractivity contribution in [2.45, 2.75) is 12.5 Å². The molecule has 0 bridgehead atoms. The highest BCUT2D eigenvalue weighted by molar-refractivity contribution is 5.60. The summed E-state index contributed by atoms with van der Waals surface area (Å²) in [7, 11) is 0. The average Bonchev–Trinajstić information content (AvgIpc) is 2.84. The first kappa shape index (κ1) is 8.47. The molecule has 1 unspecified atom stereocenters. The highest BCUT2D eigenvalue weighted by Gasteiger charge is 2.35. The molecule has 2 aliphatic rings. The van der Waals surface area contributed by atoms with Gasteiger partial charge in [-0.3, -0.25) is 10.4 Å². The Labute approximate surface area is 86.9 Å². The summed E-state index contributed by atoms with van der Waals surface area (Å²) in [5, 5.41) is 1.77. The number of nitrogens with one attached hydrogen (secondary N) is 1. The molecule has 2 aliphatic heterocycles. The predicted molar refractivity (Wildman–Crippen MR) is 55.4 cm³/mol. The van der Waals surface area contributed by atoms with E-state index in [2.05, 4.69) is 10.4 Å². The molecule has 1 aromatic carbocycles. The first-order chi connectivity index (χ1) is 7.36. The van der Waals surface area contributed by atoms with Gasteiger partial charge in [0.05, 0.1) is 6.04 Å². The minimum absolute atomic E-state index is 0.0173. The lowest BCUT2D eigenvalue weighted by molar-refractivity contribution is 0.259. The first-order valence-electron chi connectivity index (χ1n) is 4.88. The second-order valence-corrected chi connectivity index (χ2v) is 3.62. The van der Waals surface area contributed by atoms with Crippen LogP contribution in [0.1, 0.15) is 18.0 Å². The molecule has 0 amide bonds. The van der Waals surface area contributed by atoms with E-state index in [1.54, 1.807) is 5.01 Å². The van der Waals surface area contributed by atoms with Crippen LogP contribution >= 0.6 is 0 Å². The van der Waals surface area contributed by atoms with Crippen molar-refractivity contribution in [1.29, 1.82) is 0 Å². The summed E-state index contributed by atoms with van der Waals surface area (Å²) < 4.78 is 13.5. The van der Waals surface area contributed by atoms with E-state index >= 15 is 0 Å². The SMILES string of the molecule is FC1=C2N=CNN2C(c2ccccc2)C1. The highest BCUT2D eigenvalue weighted by Crippen LogP contribution is 2.39. The van der Waals surface area contributed by atoms with Crippen molar-refractivity contribution < 1.29 is 4.39 Å². The molecule has 1 atom stereocenters. The van der Waals surface area contributed by atoms with Gasteiger partial charge in [-0.25, -0.2) is 9.38 Å². The summed E-state index contributed by atoms with van der Waals surface area (Å²) >= 11 is 0. The number of hydrogen-bond acceptors (Lipinski definition) is 3. The Hall–Kier alpha value is -1.84. The van der Waals surface area contributed by atoms with Gasteiger partial charge in [0.1, 0.15) is 12.2 Å². The van der Waals surface area contributed by atoms with Crippen LogP contribution in [0.15, 0.2) is 47.0 Å². The zero-order valence-corrected chi connectivity index (χ0v) is 8.02. The second kappa shape index (κ2) is 3.08. The number of nitrogens with zero attached hydrogens (tertiary/aromatic N) is 2. The van der Waals surface area contributed by atoms with Gasteiger partial charge in [0.2, 0.25) is 0 Å². The van der Waals surface area contributed by atoms with E-state index in [1.165, 1.54) is 6.34 Å². The molecule has 0 saturated carbocycles. The Morgan fingerprint density at radius 1 is 1.33 bits per heavy atom. The van der Waals surface area contributed by atoms with E-state index < -0.39 is 0 Å². The maximum atomic E-state index is 13.5. The van der Waals surface area contributed by atoms with Crippen molar-refractivity contribution in [3.8, 4) is 0 Å². The average molecular weight is 203 g/mol. The monoisotopic (exact) mass is 203 g/mol. The second-order valence-electron chi connectivity index (χ2n) is 3.62. The quantitative estimate of drug-likeness (QED) is 0.757. The Morgan fingerprint density at radius 3 is 2.93 bits per heavy atom. The van der Waals surface area contributed by atoms with Crippen LogP contribution in [0.2, 0.25) is 0 Å². The third kappa shape index (κ3) is 1.21. The van der Waals surface area contributed by atoms with Gasteiger partial charge in [0.15, 0.2) is 5.82 Å². The van der Waals surface area contributed by atoms with Crippen molar-refractivity contribution in [2.75, 3.05) is 0 Å². The Kier molecular flexibility index (Phi) is 1.74. The molecule has 0 saturated heterocycles. The van der Waals surface area contributed by atoms with Gasteiger partial charge in [0, 0.05) is 6.42 Å². The van der Waals surface area contributed by atoms with Gasteiger partial charge in [-0.1, -0.05) is 30.3 Å². The van der Waals surface area contributed by atoms with Crippen LogP contribution in [0.3, 0.4) is 0 Å². The Balaban J connectivity index is 1.94. The van der Waals surface area contributed by atoms with E-state index in [0.717, 1.165) is 5.56 Å². The summed E-state index contributed by atoms with van der Waals surface area (Å²) in [6.07, 6.45) is 1.91. The minimum Gasteiger partial charge on any atom is -0.286 e. The van der Waals surface area contributed by atoms with Crippen LogP contribution in [0.25, 0.3) is 0 Å². The van der Waals surface area contributed by atoms with Crippen LogP contribution in [0.5, 0.6) is 0 Å². The van der Waals surface area contributed by atoms with Crippen LogP contribution in [0, 0.1) is 0 Å². The van der Waals surface area contributed by atoms with E-state index in [1.807, 2.05) is 30.3 Å². The van der Waals surface area contributed by atoms with Gasteiger partial charge >= 0.3 is 0 Å². The van der Waals surface area contributed by atoms with E-state index in [0.29, 0.717) is 12.2 Å². The molecule has 3 nitrogen and oxygen atoms in total. The summed E-state index contributed by atoms with van der Waals surface area (Å²) in [5.74, 6) is 0.272. The maximum absolute atomic E-state index is 13.5. The number of hydrazine groups is 1. The molecule has 1 N–H and O–H groups in total. The predicted octanol–water partition coefficient (Wildman–Crippen LogP) is 2.12. The van der Waals surface area contributed by atoms with Gasteiger partial charge in [-0.15, -0.1) is 0 Å². The molecule has 15 heavy (non-hydrogen) atoms. The lowest BCUT2D eigenvalue weighted by Crippen LogP contribution is -2.31. The molecule has 76 valence electrons. The number of rotatable bonds is 1. The Bertz CT molecular complexity index is 438. The summed E-state index contributed by atoms with van der Waals surface area (Å²) in [4.78, 5) is 3.95. The molecule has 3 rings (SSSR count). The van der Waals surface area contributed by atoms with Gasteiger partial charge < -0.3 is 0 Å². The summed E-state index contributed by atoms with van der Waals surface area (Å²) in [6, 6.07) is 9.90. The minimum atomic E-state index is -0.148. The number of fused-ring (bicyclic) bond motifs is 1. The normalized spacial score (nSPS) is 23.3. The van der Waals surface area contributed by atoms with Crippen LogP contribution in [-0.2, 0) is 0 Å². The number of halogens is 1. The fourth-order valence-corrected chi connectivity index (χ4v) is 2.01. The van der Waals surface area contributed by atoms with Crippen molar-refractivity contribution in [3.05, 3.63) is 47.5 Å². The summed E-state index contributed by atoms with van der Waals surface area (Å²) in [6.45, 7) is 0. The lowest BCUT2D eigenvalue weighted by Gasteiger charge is -2.23. The van der Waals surface area contributed by atoms with Gasteiger partial charge in [0.25, 0.3) is 0 Å². The third-order valence-corrected chi connectivity index (χ3v) is 2.72. The van der Waals surface area contributed by atoms with Gasteiger partial charge in [-0.05, 0) is 5.56 Å². The zero-order chi connectivity index (χ0) is 10.3. The van der Waals surface area contributed by atoms with E-state index in [4.69, 9.17) is 0 Å². The molecule has 0 aromatic heterocycles. The van der Waals surface area contributed by atoms with Crippen molar-refractivity contribution in [2.24, 2.45) is 4.99 Å². The molecule has 0 radical (unpaired) electrons. The van der Waals surface area contributed by atoms with Crippen molar-refractivity contribution >= 4 is 6.34 Å². The van der Waals surface area contributed by atoms with Crippen molar-refractivity contribution in [1.82, 2.24) is 10.4 Å². The maximum Gasteiger partial charge on any atom is 0.181 e. The largest absolute Gasteiger partial charge is 0.286 e. The van der Waals surface area contributed by atoms with E-state index in [-0.39, 0.29) is 11.9 Å². The molecular weight excluding hydrogens is 193 g/mol. The standard InChI is InChI=1S/C11H10FN3/c12-9-6-10(8-4-2-1-3-5-8)15-11(9)13-7-14-15/h1-5,7,10H,6H2,(H,13,14). The van der Waals surface area contributed by atoms with Crippen molar-refractivity contribution in [3.63, 3.8) is 0 Å². The first-order valence-corrected chi connectivity index (χ1v) is 4.88. The molecule has 0 fully saturated rings. The molecule has 0 spiro atoms. The molecular formula is C11H10FN3. The Morgan fingerprint density at radius 2 is 2.13 bits per heavy atom. The highest BCUT2D eigenvalue weighted by atomic mass is 19.1. The van der Waals surface area contributed by atoms with Crippen LogP contribution in [0.4, 0.5) is 4.39 Å². The molecule has 1 aromatic rings. The van der Waals surface area contributed by atoms with E-state index in [9.17, 15) is 4.39 Å².